The first-order valence-electron chi connectivity index (χ1n) is 8.36. The second kappa shape index (κ2) is 6.72. The molecule has 1 aromatic carbocycles. The first-order chi connectivity index (χ1) is 12.6. The van der Waals surface area contributed by atoms with Gasteiger partial charge in [-0.25, -0.2) is 9.67 Å². The van der Waals surface area contributed by atoms with Gasteiger partial charge in [0.15, 0.2) is 5.65 Å². The fourth-order valence-corrected chi connectivity index (χ4v) is 3.66. The lowest BCUT2D eigenvalue weighted by atomic mass is 10.1. The molecule has 0 aliphatic heterocycles. The third-order valence-corrected chi connectivity index (χ3v) is 5.07. The van der Waals surface area contributed by atoms with Gasteiger partial charge in [0.05, 0.1) is 28.9 Å². The Balaban J connectivity index is 1.78. The van der Waals surface area contributed by atoms with Crippen molar-refractivity contribution in [2.24, 2.45) is 0 Å². The van der Waals surface area contributed by atoms with Crippen molar-refractivity contribution in [3.05, 3.63) is 75.7 Å². The minimum atomic E-state index is -0.107. The molecule has 130 valence electrons. The molecule has 5 nitrogen and oxygen atoms in total. The van der Waals surface area contributed by atoms with Crippen molar-refractivity contribution in [2.75, 3.05) is 0 Å². The van der Waals surface area contributed by atoms with Gasteiger partial charge in [0.1, 0.15) is 0 Å². The largest absolute Gasteiger partial charge is 0.347 e. The lowest BCUT2D eigenvalue weighted by Crippen LogP contribution is -2.23. The average Bonchev–Trinajstić information content (AvgIpc) is 3.28. The number of carbonyl (C=O) groups excluding carboxylic acids is 1. The topological polar surface area (TPSA) is 59.8 Å². The van der Waals surface area contributed by atoms with E-state index in [0.29, 0.717) is 17.8 Å². The normalized spacial score (nSPS) is 11.0. The average molecular weight is 362 g/mol. The predicted molar refractivity (Wildman–Crippen MR) is 104 cm³/mol. The number of hydrogen-bond donors (Lipinski definition) is 1. The molecule has 0 spiro atoms. The van der Waals surface area contributed by atoms with Crippen molar-refractivity contribution in [3.63, 3.8) is 0 Å². The Morgan fingerprint density at radius 3 is 2.69 bits per heavy atom. The molecule has 0 radical (unpaired) electrons. The summed E-state index contributed by atoms with van der Waals surface area (Å²) < 4.78 is 1.80. The summed E-state index contributed by atoms with van der Waals surface area (Å²) >= 11 is 1.63. The number of hydrogen-bond acceptors (Lipinski definition) is 4. The van der Waals surface area contributed by atoms with E-state index in [0.717, 1.165) is 27.3 Å². The molecule has 0 bridgehead atoms. The number of benzene rings is 1. The van der Waals surface area contributed by atoms with Crippen LogP contribution >= 0.6 is 11.3 Å². The summed E-state index contributed by atoms with van der Waals surface area (Å²) in [5.74, 6) is -0.107. The van der Waals surface area contributed by atoms with Crippen LogP contribution in [0.15, 0.2) is 53.9 Å². The Morgan fingerprint density at radius 2 is 1.96 bits per heavy atom. The molecular formula is C20H18N4OS. The molecule has 0 atom stereocenters. The van der Waals surface area contributed by atoms with Crippen LogP contribution in [0.1, 0.15) is 26.6 Å². The zero-order chi connectivity index (χ0) is 18.1. The summed E-state index contributed by atoms with van der Waals surface area (Å²) in [6.45, 7) is 4.33. The van der Waals surface area contributed by atoms with E-state index in [2.05, 4.69) is 15.4 Å². The fraction of sp³-hybridized carbons (Fsp3) is 0.150. The van der Waals surface area contributed by atoms with E-state index < -0.39 is 0 Å². The quantitative estimate of drug-likeness (QED) is 0.596. The van der Waals surface area contributed by atoms with E-state index >= 15 is 0 Å². The van der Waals surface area contributed by atoms with E-state index in [1.165, 1.54) is 0 Å². The number of fused-ring (bicyclic) bond motifs is 1. The van der Waals surface area contributed by atoms with Gasteiger partial charge in [-0.1, -0.05) is 24.3 Å². The molecule has 3 heterocycles. The highest BCUT2D eigenvalue weighted by atomic mass is 32.1. The fourth-order valence-electron chi connectivity index (χ4n) is 3.02. The molecule has 0 saturated heterocycles. The van der Waals surface area contributed by atoms with Crippen LogP contribution in [0.4, 0.5) is 0 Å². The second-order valence-corrected chi connectivity index (χ2v) is 7.14. The van der Waals surface area contributed by atoms with Crippen LogP contribution in [0.5, 0.6) is 0 Å². The SMILES string of the molecule is Cc1cc(C(=O)NCc2cccs2)c2c(C)nn(-c3ccccc3)c2n1. The smallest absolute Gasteiger partial charge is 0.252 e. The highest BCUT2D eigenvalue weighted by Gasteiger charge is 2.19. The van der Waals surface area contributed by atoms with Gasteiger partial charge >= 0.3 is 0 Å². The molecule has 1 amide bonds. The monoisotopic (exact) mass is 362 g/mol. The summed E-state index contributed by atoms with van der Waals surface area (Å²) in [5.41, 5.74) is 3.82. The lowest BCUT2D eigenvalue weighted by molar-refractivity contribution is 0.0952. The van der Waals surface area contributed by atoms with E-state index in [1.807, 2.05) is 67.8 Å². The molecule has 4 aromatic rings. The van der Waals surface area contributed by atoms with Crippen LogP contribution in [0.2, 0.25) is 0 Å². The molecular weight excluding hydrogens is 344 g/mol. The molecule has 0 unspecified atom stereocenters. The molecule has 3 aromatic heterocycles. The summed E-state index contributed by atoms with van der Waals surface area (Å²) in [4.78, 5) is 18.6. The molecule has 0 aliphatic carbocycles. The number of aromatic nitrogens is 3. The minimum absolute atomic E-state index is 0.107. The molecule has 6 heteroatoms. The number of aryl methyl sites for hydroxylation is 2. The Morgan fingerprint density at radius 1 is 1.15 bits per heavy atom. The summed E-state index contributed by atoms with van der Waals surface area (Å²) in [7, 11) is 0. The van der Waals surface area contributed by atoms with Crippen molar-refractivity contribution < 1.29 is 4.79 Å². The van der Waals surface area contributed by atoms with Gasteiger partial charge in [-0.15, -0.1) is 11.3 Å². The Kier molecular flexibility index (Phi) is 4.26. The zero-order valence-electron chi connectivity index (χ0n) is 14.6. The molecule has 4 rings (SSSR count). The van der Waals surface area contributed by atoms with Gasteiger partial charge in [-0.3, -0.25) is 4.79 Å². The maximum atomic E-state index is 12.8. The summed E-state index contributed by atoms with van der Waals surface area (Å²) in [6.07, 6.45) is 0. The molecule has 1 N–H and O–H groups in total. The van der Waals surface area contributed by atoms with E-state index in [4.69, 9.17) is 0 Å². The van der Waals surface area contributed by atoms with Crippen molar-refractivity contribution in [1.82, 2.24) is 20.1 Å². The second-order valence-electron chi connectivity index (χ2n) is 6.10. The highest BCUT2D eigenvalue weighted by molar-refractivity contribution is 7.09. The Labute approximate surface area is 155 Å². The number of amides is 1. The van der Waals surface area contributed by atoms with Crippen molar-refractivity contribution in [2.45, 2.75) is 20.4 Å². The van der Waals surface area contributed by atoms with Crippen molar-refractivity contribution >= 4 is 28.3 Å². The molecule has 26 heavy (non-hydrogen) atoms. The minimum Gasteiger partial charge on any atom is -0.347 e. The van der Waals surface area contributed by atoms with Gasteiger partial charge in [0, 0.05) is 10.6 Å². The number of rotatable bonds is 4. The van der Waals surface area contributed by atoms with E-state index in [1.54, 1.807) is 16.0 Å². The number of thiophene rings is 1. The van der Waals surface area contributed by atoms with Gasteiger partial charge in [0.2, 0.25) is 0 Å². The predicted octanol–water partition coefficient (Wildman–Crippen LogP) is 4.03. The summed E-state index contributed by atoms with van der Waals surface area (Å²) in [5, 5.41) is 10.4. The number of para-hydroxylation sites is 1. The Bertz CT molecular complexity index is 1070. The van der Waals surface area contributed by atoms with Crippen LogP contribution in [0.3, 0.4) is 0 Å². The molecule has 0 aliphatic rings. The van der Waals surface area contributed by atoms with E-state index in [-0.39, 0.29) is 5.91 Å². The zero-order valence-corrected chi connectivity index (χ0v) is 15.4. The number of nitrogens with one attached hydrogen (secondary N) is 1. The highest BCUT2D eigenvalue weighted by Crippen LogP contribution is 2.25. The number of pyridine rings is 1. The summed E-state index contributed by atoms with van der Waals surface area (Å²) in [6, 6.07) is 15.7. The maximum absolute atomic E-state index is 12.8. The van der Waals surface area contributed by atoms with Gasteiger partial charge in [-0.05, 0) is 43.5 Å². The van der Waals surface area contributed by atoms with Crippen LogP contribution in [-0.2, 0) is 6.54 Å². The molecule has 0 fully saturated rings. The first kappa shape index (κ1) is 16.5. The first-order valence-corrected chi connectivity index (χ1v) is 9.24. The third-order valence-electron chi connectivity index (χ3n) is 4.19. The van der Waals surface area contributed by atoms with Gasteiger partial charge < -0.3 is 5.32 Å². The third kappa shape index (κ3) is 2.99. The molecule has 0 saturated carbocycles. The Hall–Kier alpha value is -2.99. The standard InChI is InChI=1S/C20H18N4OS/c1-13-11-17(20(25)21-12-16-9-6-10-26-16)18-14(2)23-24(19(18)22-13)15-7-4-3-5-8-15/h3-11H,12H2,1-2H3,(H,21,25). The maximum Gasteiger partial charge on any atom is 0.252 e. The van der Waals surface area contributed by atoms with Crippen LogP contribution in [-0.4, -0.2) is 20.7 Å². The number of nitrogens with zero attached hydrogens (tertiary/aromatic N) is 3. The van der Waals surface area contributed by atoms with Gasteiger partial charge in [-0.2, -0.15) is 5.10 Å². The van der Waals surface area contributed by atoms with Crippen molar-refractivity contribution in [1.29, 1.82) is 0 Å². The van der Waals surface area contributed by atoms with Crippen molar-refractivity contribution in [3.8, 4) is 5.69 Å². The number of carbonyl (C=O) groups is 1. The van der Waals surface area contributed by atoms with Crippen LogP contribution in [0, 0.1) is 13.8 Å². The van der Waals surface area contributed by atoms with Crippen LogP contribution < -0.4 is 5.32 Å². The van der Waals surface area contributed by atoms with Crippen LogP contribution in [0.25, 0.3) is 16.7 Å². The lowest BCUT2D eigenvalue weighted by Gasteiger charge is -2.08. The van der Waals surface area contributed by atoms with E-state index in [9.17, 15) is 4.79 Å². The van der Waals surface area contributed by atoms with Gasteiger partial charge in [0.25, 0.3) is 5.91 Å².